The lowest BCUT2D eigenvalue weighted by Gasteiger charge is -2.23. The van der Waals surface area contributed by atoms with E-state index in [0.717, 1.165) is 37.2 Å². The fraction of sp³-hybridized carbons (Fsp3) is 0.500. The minimum atomic E-state index is 0.115. The molecular weight excluding hydrogens is 266 g/mol. The van der Waals surface area contributed by atoms with Crippen LogP contribution in [-0.4, -0.2) is 37.0 Å². The number of piperidine rings is 1. The average molecular weight is 285 g/mol. The summed E-state index contributed by atoms with van der Waals surface area (Å²) in [5.41, 5.74) is 1.48. The van der Waals surface area contributed by atoms with Crippen LogP contribution in [-0.2, 0) is 11.3 Å². The van der Waals surface area contributed by atoms with Gasteiger partial charge in [0.2, 0.25) is 5.91 Å². The number of fused-ring (bicyclic) bond motifs is 1. The quantitative estimate of drug-likeness (QED) is 0.908. The maximum absolute atomic E-state index is 12.5. The lowest BCUT2D eigenvalue weighted by molar-refractivity contribution is -0.131. The molecule has 2 unspecified atom stereocenters. The molecule has 110 valence electrons. The Morgan fingerprint density at radius 3 is 3.10 bits per heavy atom. The fourth-order valence-electron chi connectivity index (χ4n) is 3.32. The van der Waals surface area contributed by atoms with Gasteiger partial charge in [0.05, 0.1) is 24.7 Å². The van der Waals surface area contributed by atoms with E-state index in [1.807, 2.05) is 11.0 Å². The number of carbonyl (C=O) groups excluding carboxylic acids is 1. The van der Waals surface area contributed by atoms with Crippen LogP contribution in [0.1, 0.15) is 24.0 Å². The van der Waals surface area contributed by atoms with E-state index in [2.05, 4.69) is 11.4 Å². The fourth-order valence-corrected chi connectivity index (χ4v) is 3.32. The van der Waals surface area contributed by atoms with Crippen LogP contribution in [0.4, 0.5) is 0 Å². The molecule has 1 aromatic carbocycles. The van der Waals surface area contributed by atoms with Crippen molar-refractivity contribution in [2.24, 2.45) is 5.92 Å². The molecule has 2 atom stereocenters. The molecule has 21 heavy (non-hydrogen) atoms. The van der Waals surface area contributed by atoms with E-state index >= 15 is 0 Å². The molecule has 0 aliphatic carbocycles. The van der Waals surface area contributed by atoms with Crippen LogP contribution in [0.15, 0.2) is 18.2 Å². The van der Waals surface area contributed by atoms with Gasteiger partial charge in [0.15, 0.2) is 0 Å². The Bertz CT molecular complexity index is 594. The van der Waals surface area contributed by atoms with E-state index in [9.17, 15) is 4.79 Å². The van der Waals surface area contributed by atoms with Gasteiger partial charge >= 0.3 is 0 Å². The first-order chi connectivity index (χ1) is 10.2. The van der Waals surface area contributed by atoms with Gasteiger partial charge in [-0.25, -0.2) is 0 Å². The van der Waals surface area contributed by atoms with Crippen molar-refractivity contribution >= 4 is 5.91 Å². The molecule has 0 radical (unpaired) electrons. The van der Waals surface area contributed by atoms with Crippen molar-refractivity contribution in [1.82, 2.24) is 10.2 Å². The SMILES string of the molecule is COc1ccc(C#N)cc1CN1CC2NCCCC2C1=O. The number of nitriles is 1. The first-order valence-electron chi connectivity index (χ1n) is 7.32. The Morgan fingerprint density at radius 2 is 2.38 bits per heavy atom. The van der Waals surface area contributed by atoms with Gasteiger partial charge < -0.3 is 15.0 Å². The monoisotopic (exact) mass is 285 g/mol. The van der Waals surface area contributed by atoms with Crippen molar-refractivity contribution in [3.63, 3.8) is 0 Å². The van der Waals surface area contributed by atoms with Gasteiger partial charge in [-0.1, -0.05) is 0 Å². The van der Waals surface area contributed by atoms with Crippen molar-refractivity contribution in [2.75, 3.05) is 20.2 Å². The zero-order chi connectivity index (χ0) is 14.8. The number of hydrogen-bond donors (Lipinski definition) is 1. The summed E-state index contributed by atoms with van der Waals surface area (Å²) in [7, 11) is 1.61. The van der Waals surface area contributed by atoms with Crippen LogP contribution in [0.2, 0.25) is 0 Å². The van der Waals surface area contributed by atoms with E-state index in [0.29, 0.717) is 12.1 Å². The molecule has 2 aliphatic rings. The molecule has 0 bridgehead atoms. The second-order valence-corrected chi connectivity index (χ2v) is 5.67. The first-order valence-corrected chi connectivity index (χ1v) is 7.32. The van der Waals surface area contributed by atoms with Crippen LogP contribution in [0, 0.1) is 17.2 Å². The summed E-state index contributed by atoms with van der Waals surface area (Å²) < 4.78 is 5.35. The molecule has 5 nitrogen and oxygen atoms in total. The normalized spacial score (nSPS) is 24.6. The third-order valence-electron chi connectivity index (χ3n) is 4.40. The molecule has 1 aromatic rings. The first kappa shape index (κ1) is 13.9. The Labute approximate surface area is 124 Å². The predicted molar refractivity (Wildman–Crippen MR) is 77.6 cm³/mol. The van der Waals surface area contributed by atoms with E-state index in [-0.39, 0.29) is 17.9 Å². The minimum absolute atomic E-state index is 0.115. The molecule has 2 saturated heterocycles. The maximum atomic E-state index is 12.5. The summed E-state index contributed by atoms with van der Waals surface area (Å²) in [6.07, 6.45) is 2.04. The molecule has 2 fully saturated rings. The second-order valence-electron chi connectivity index (χ2n) is 5.67. The van der Waals surface area contributed by atoms with Gasteiger partial charge in [0, 0.05) is 24.7 Å². The number of nitrogens with zero attached hydrogens (tertiary/aromatic N) is 2. The highest BCUT2D eigenvalue weighted by atomic mass is 16.5. The maximum Gasteiger partial charge on any atom is 0.227 e. The van der Waals surface area contributed by atoms with Crippen molar-refractivity contribution in [3.8, 4) is 11.8 Å². The molecule has 0 aromatic heterocycles. The molecule has 5 heteroatoms. The van der Waals surface area contributed by atoms with E-state index < -0.39 is 0 Å². The summed E-state index contributed by atoms with van der Waals surface area (Å²) in [5.74, 6) is 1.06. The number of benzene rings is 1. The summed E-state index contributed by atoms with van der Waals surface area (Å²) in [6, 6.07) is 7.74. The van der Waals surface area contributed by atoms with Gasteiger partial charge in [0.1, 0.15) is 5.75 Å². The molecule has 1 N–H and O–H groups in total. The number of methoxy groups -OCH3 is 1. The number of rotatable bonds is 3. The predicted octanol–water partition coefficient (Wildman–Crippen LogP) is 1.28. The average Bonchev–Trinajstić information content (AvgIpc) is 2.84. The molecule has 2 heterocycles. The van der Waals surface area contributed by atoms with E-state index in [1.54, 1.807) is 19.2 Å². The number of nitrogens with one attached hydrogen (secondary N) is 1. The molecule has 0 spiro atoms. The van der Waals surface area contributed by atoms with Gasteiger partial charge in [0.25, 0.3) is 0 Å². The lowest BCUT2D eigenvalue weighted by atomic mass is 9.94. The van der Waals surface area contributed by atoms with Crippen LogP contribution in [0.5, 0.6) is 5.75 Å². The number of carbonyl (C=O) groups is 1. The van der Waals surface area contributed by atoms with Gasteiger partial charge in [-0.15, -0.1) is 0 Å². The highest BCUT2D eigenvalue weighted by molar-refractivity contribution is 5.82. The Hall–Kier alpha value is -2.06. The van der Waals surface area contributed by atoms with Crippen LogP contribution < -0.4 is 10.1 Å². The largest absolute Gasteiger partial charge is 0.496 e. The topological polar surface area (TPSA) is 65.4 Å². The van der Waals surface area contributed by atoms with Crippen molar-refractivity contribution in [3.05, 3.63) is 29.3 Å². The summed E-state index contributed by atoms with van der Waals surface area (Å²) >= 11 is 0. The standard InChI is InChI=1S/C16H19N3O2/c1-21-15-5-4-11(8-17)7-12(15)9-19-10-14-13(16(19)20)3-2-6-18-14/h4-5,7,13-14,18H,2-3,6,9-10H2,1H3. The van der Waals surface area contributed by atoms with Crippen molar-refractivity contribution < 1.29 is 9.53 Å². The van der Waals surface area contributed by atoms with E-state index in [4.69, 9.17) is 10.00 Å². The molecule has 3 rings (SSSR count). The van der Waals surface area contributed by atoms with Crippen LogP contribution in [0.25, 0.3) is 0 Å². The highest BCUT2D eigenvalue weighted by Crippen LogP contribution is 2.29. The zero-order valence-electron chi connectivity index (χ0n) is 12.1. The molecular formula is C16H19N3O2. The van der Waals surface area contributed by atoms with Crippen molar-refractivity contribution in [2.45, 2.75) is 25.4 Å². The smallest absolute Gasteiger partial charge is 0.227 e. The molecule has 2 aliphatic heterocycles. The third kappa shape index (κ3) is 2.59. The summed E-state index contributed by atoms with van der Waals surface area (Å²) in [5, 5.41) is 12.5. The van der Waals surface area contributed by atoms with Gasteiger partial charge in [-0.2, -0.15) is 5.26 Å². The molecule has 1 amide bonds. The van der Waals surface area contributed by atoms with Gasteiger partial charge in [-0.05, 0) is 37.6 Å². The van der Waals surface area contributed by atoms with Crippen molar-refractivity contribution in [1.29, 1.82) is 5.26 Å². The number of hydrogen-bond acceptors (Lipinski definition) is 4. The molecule has 0 saturated carbocycles. The number of amides is 1. The summed E-state index contributed by atoms with van der Waals surface area (Å²) in [6.45, 7) is 2.24. The van der Waals surface area contributed by atoms with Gasteiger partial charge in [-0.3, -0.25) is 4.79 Å². The highest BCUT2D eigenvalue weighted by Gasteiger charge is 2.41. The zero-order valence-corrected chi connectivity index (χ0v) is 12.1. The second kappa shape index (κ2) is 5.74. The Morgan fingerprint density at radius 1 is 1.52 bits per heavy atom. The minimum Gasteiger partial charge on any atom is -0.496 e. The Kier molecular flexibility index (Phi) is 3.80. The Balaban J connectivity index is 1.80. The lowest BCUT2D eigenvalue weighted by Crippen LogP contribution is -2.41. The third-order valence-corrected chi connectivity index (χ3v) is 4.40. The summed E-state index contributed by atoms with van der Waals surface area (Å²) in [4.78, 5) is 14.4. The number of ether oxygens (including phenoxy) is 1. The van der Waals surface area contributed by atoms with Crippen LogP contribution >= 0.6 is 0 Å². The van der Waals surface area contributed by atoms with E-state index in [1.165, 1.54) is 0 Å². The van der Waals surface area contributed by atoms with Crippen LogP contribution in [0.3, 0.4) is 0 Å². The number of likely N-dealkylation sites (tertiary alicyclic amines) is 1.